The van der Waals surface area contributed by atoms with Gasteiger partial charge in [-0.05, 0) is 12.8 Å². The highest BCUT2D eigenvalue weighted by Gasteiger charge is 2.48. The molecule has 0 saturated heterocycles. The molecule has 1 fully saturated rings. The van der Waals surface area contributed by atoms with E-state index in [9.17, 15) is 4.79 Å². The van der Waals surface area contributed by atoms with Gasteiger partial charge in [0, 0.05) is 13.7 Å². The summed E-state index contributed by atoms with van der Waals surface area (Å²) in [7, 11) is 1.60. The van der Waals surface area contributed by atoms with Crippen LogP contribution in [0.2, 0.25) is 0 Å². The molecule has 0 radical (unpaired) electrons. The van der Waals surface area contributed by atoms with Gasteiger partial charge in [0.1, 0.15) is 5.41 Å². The number of hydrogen-bond acceptors (Lipinski definition) is 5. The Labute approximate surface area is 106 Å². The molecule has 0 aromatic heterocycles. The summed E-state index contributed by atoms with van der Waals surface area (Å²) < 4.78 is 10.0. The first-order valence-electron chi connectivity index (χ1n) is 6.00. The van der Waals surface area contributed by atoms with Gasteiger partial charge in [0.25, 0.3) is 0 Å². The van der Waals surface area contributed by atoms with Crippen molar-refractivity contribution in [1.29, 1.82) is 0 Å². The number of amidine groups is 1. The number of rotatable bonds is 8. The maximum atomic E-state index is 12.0. The van der Waals surface area contributed by atoms with Crippen LogP contribution >= 0.6 is 0 Å². The van der Waals surface area contributed by atoms with E-state index >= 15 is 0 Å². The Morgan fingerprint density at radius 2 is 2.17 bits per heavy atom. The number of oxime groups is 1. The second-order valence-electron chi connectivity index (χ2n) is 4.28. The Kier molecular flexibility index (Phi) is 5.87. The average Bonchev–Trinajstić information content (AvgIpc) is 2.32. The predicted octanol–water partition coefficient (Wildman–Crippen LogP) is -0.318. The Bertz CT molecular complexity index is 303. The molecule has 0 atom stereocenters. The second-order valence-corrected chi connectivity index (χ2v) is 4.28. The van der Waals surface area contributed by atoms with Gasteiger partial charge in [0.05, 0.1) is 19.8 Å². The topological polar surface area (TPSA) is 106 Å². The van der Waals surface area contributed by atoms with Crippen LogP contribution in [0.4, 0.5) is 0 Å². The molecule has 1 aliphatic carbocycles. The van der Waals surface area contributed by atoms with Crippen LogP contribution in [-0.2, 0) is 14.3 Å². The first kappa shape index (κ1) is 14.7. The first-order chi connectivity index (χ1) is 8.67. The van der Waals surface area contributed by atoms with Gasteiger partial charge in [0.2, 0.25) is 5.91 Å². The third-order valence-corrected chi connectivity index (χ3v) is 3.20. The zero-order chi connectivity index (χ0) is 13.4. The number of ether oxygens (including phenoxy) is 2. The van der Waals surface area contributed by atoms with Crippen LogP contribution in [0.5, 0.6) is 0 Å². The molecule has 1 amide bonds. The number of hydrogen-bond donors (Lipinski definition) is 3. The number of amides is 1. The molecular weight excluding hydrogens is 238 g/mol. The maximum absolute atomic E-state index is 12.0. The summed E-state index contributed by atoms with van der Waals surface area (Å²) >= 11 is 0. The fourth-order valence-corrected chi connectivity index (χ4v) is 1.88. The molecule has 18 heavy (non-hydrogen) atoms. The number of nitrogens with one attached hydrogen (secondary N) is 1. The van der Waals surface area contributed by atoms with Gasteiger partial charge in [-0.25, -0.2) is 0 Å². The van der Waals surface area contributed by atoms with E-state index in [0.29, 0.717) is 39.2 Å². The third-order valence-electron chi connectivity index (χ3n) is 3.20. The summed E-state index contributed by atoms with van der Waals surface area (Å²) in [4.78, 5) is 12.0. The fourth-order valence-electron chi connectivity index (χ4n) is 1.88. The number of methoxy groups -OCH3 is 1. The Morgan fingerprint density at radius 1 is 1.44 bits per heavy atom. The molecule has 4 N–H and O–H groups in total. The number of carbonyl (C=O) groups is 1. The minimum absolute atomic E-state index is 0.00782. The summed E-state index contributed by atoms with van der Waals surface area (Å²) in [5.41, 5.74) is 4.76. The Hall–Kier alpha value is -1.34. The van der Waals surface area contributed by atoms with E-state index in [1.807, 2.05) is 0 Å². The van der Waals surface area contributed by atoms with E-state index in [2.05, 4.69) is 10.5 Å². The summed E-state index contributed by atoms with van der Waals surface area (Å²) in [6.07, 6.45) is 2.16. The minimum atomic E-state index is -0.818. The van der Waals surface area contributed by atoms with Crippen LogP contribution < -0.4 is 11.1 Å². The van der Waals surface area contributed by atoms with Crippen LogP contribution in [0, 0.1) is 5.41 Å². The van der Waals surface area contributed by atoms with Gasteiger partial charge < -0.3 is 25.7 Å². The van der Waals surface area contributed by atoms with Crippen molar-refractivity contribution in [2.24, 2.45) is 16.3 Å². The lowest BCUT2D eigenvalue weighted by atomic mass is 9.67. The van der Waals surface area contributed by atoms with Crippen molar-refractivity contribution in [2.45, 2.75) is 19.3 Å². The highest BCUT2D eigenvalue weighted by atomic mass is 16.5. The summed E-state index contributed by atoms with van der Waals surface area (Å²) in [6.45, 7) is 1.85. The third kappa shape index (κ3) is 3.33. The van der Waals surface area contributed by atoms with Gasteiger partial charge in [-0.3, -0.25) is 4.79 Å². The molecule has 1 saturated carbocycles. The molecule has 104 valence electrons. The minimum Gasteiger partial charge on any atom is -0.409 e. The van der Waals surface area contributed by atoms with Crippen LogP contribution in [0.3, 0.4) is 0 Å². The lowest BCUT2D eigenvalue weighted by molar-refractivity contribution is -0.131. The number of nitrogens with zero attached hydrogens (tertiary/aromatic N) is 1. The molecule has 7 heteroatoms. The van der Waals surface area contributed by atoms with E-state index in [4.69, 9.17) is 20.4 Å². The van der Waals surface area contributed by atoms with Gasteiger partial charge in [-0.2, -0.15) is 0 Å². The summed E-state index contributed by atoms with van der Waals surface area (Å²) in [5.74, 6) is -0.203. The monoisotopic (exact) mass is 259 g/mol. The Balaban J connectivity index is 2.27. The number of nitrogens with two attached hydrogens (primary N) is 1. The van der Waals surface area contributed by atoms with Crippen LogP contribution in [0.25, 0.3) is 0 Å². The molecule has 0 unspecified atom stereocenters. The van der Waals surface area contributed by atoms with Crippen LogP contribution in [0.1, 0.15) is 19.3 Å². The average molecular weight is 259 g/mol. The highest BCUT2D eigenvalue weighted by molar-refractivity contribution is 6.07. The van der Waals surface area contributed by atoms with Crippen molar-refractivity contribution in [1.82, 2.24) is 5.32 Å². The van der Waals surface area contributed by atoms with Crippen molar-refractivity contribution < 1.29 is 19.5 Å². The highest BCUT2D eigenvalue weighted by Crippen LogP contribution is 2.41. The SMILES string of the molecule is COCCOCCNC(=O)C1(C(N)=NO)CCC1. The molecule has 1 aliphatic rings. The maximum Gasteiger partial charge on any atom is 0.234 e. The zero-order valence-corrected chi connectivity index (χ0v) is 10.6. The van der Waals surface area contributed by atoms with Crippen LogP contribution in [0.15, 0.2) is 5.16 Å². The quantitative estimate of drug-likeness (QED) is 0.182. The van der Waals surface area contributed by atoms with Gasteiger partial charge in [-0.15, -0.1) is 0 Å². The van der Waals surface area contributed by atoms with E-state index < -0.39 is 5.41 Å². The van der Waals surface area contributed by atoms with Gasteiger partial charge in [0.15, 0.2) is 5.84 Å². The fraction of sp³-hybridized carbons (Fsp3) is 0.818. The van der Waals surface area contributed by atoms with E-state index in [1.165, 1.54) is 0 Å². The number of carbonyl (C=O) groups excluding carboxylic acids is 1. The molecule has 0 aliphatic heterocycles. The van der Waals surface area contributed by atoms with Crippen molar-refractivity contribution >= 4 is 11.7 Å². The standard InChI is InChI=1S/C11H21N3O4/c1-17-7-8-18-6-5-13-10(15)11(3-2-4-11)9(12)14-16/h16H,2-8H2,1H3,(H2,12,14)(H,13,15). The molecule has 0 heterocycles. The molecule has 0 bridgehead atoms. The first-order valence-corrected chi connectivity index (χ1v) is 6.00. The van der Waals surface area contributed by atoms with E-state index in [-0.39, 0.29) is 11.7 Å². The zero-order valence-electron chi connectivity index (χ0n) is 10.6. The van der Waals surface area contributed by atoms with Gasteiger partial charge >= 0.3 is 0 Å². The largest absolute Gasteiger partial charge is 0.409 e. The molecule has 1 rings (SSSR count). The summed E-state index contributed by atoms with van der Waals surface area (Å²) in [6, 6.07) is 0. The van der Waals surface area contributed by atoms with E-state index in [1.54, 1.807) is 7.11 Å². The second kappa shape index (κ2) is 7.17. The van der Waals surface area contributed by atoms with Crippen molar-refractivity contribution in [3.05, 3.63) is 0 Å². The lowest BCUT2D eigenvalue weighted by Crippen LogP contribution is -2.54. The van der Waals surface area contributed by atoms with Crippen molar-refractivity contribution in [3.63, 3.8) is 0 Å². The predicted molar refractivity (Wildman–Crippen MR) is 65.4 cm³/mol. The molecule has 0 spiro atoms. The molecule has 0 aromatic carbocycles. The molecule has 7 nitrogen and oxygen atoms in total. The van der Waals surface area contributed by atoms with Crippen molar-refractivity contribution in [2.75, 3.05) is 33.5 Å². The normalized spacial score (nSPS) is 18.2. The Morgan fingerprint density at radius 3 is 2.67 bits per heavy atom. The van der Waals surface area contributed by atoms with Crippen LogP contribution in [-0.4, -0.2) is 50.4 Å². The summed E-state index contributed by atoms with van der Waals surface area (Å²) in [5, 5.41) is 14.4. The van der Waals surface area contributed by atoms with Gasteiger partial charge in [-0.1, -0.05) is 11.6 Å². The van der Waals surface area contributed by atoms with E-state index in [0.717, 1.165) is 6.42 Å². The molecular formula is C11H21N3O4. The van der Waals surface area contributed by atoms with Crippen molar-refractivity contribution in [3.8, 4) is 0 Å². The smallest absolute Gasteiger partial charge is 0.234 e. The molecule has 0 aromatic rings. The lowest BCUT2D eigenvalue weighted by Gasteiger charge is -2.38.